The Morgan fingerprint density at radius 1 is 1.42 bits per heavy atom. The zero-order valence-electron chi connectivity index (χ0n) is 11.4. The minimum Gasteiger partial charge on any atom is -0.334 e. The van der Waals surface area contributed by atoms with Crippen molar-refractivity contribution in [2.24, 2.45) is 5.92 Å². The van der Waals surface area contributed by atoms with Crippen LogP contribution in [0.3, 0.4) is 0 Å². The highest BCUT2D eigenvalue weighted by Crippen LogP contribution is 2.23. The molecule has 1 heterocycles. The van der Waals surface area contributed by atoms with Gasteiger partial charge in [-0.2, -0.15) is 0 Å². The average Bonchev–Trinajstić information content (AvgIpc) is 2.70. The largest absolute Gasteiger partial charge is 0.334 e. The van der Waals surface area contributed by atoms with Crippen molar-refractivity contribution in [1.82, 2.24) is 4.90 Å². The van der Waals surface area contributed by atoms with E-state index in [1.807, 2.05) is 24.0 Å². The third kappa shape index (κ3) is 6.46. The normalized spacial score (nSPS) is 13.2. The first-order chi connectivity index (χ1) is 8.88. The fraction of sp³-hybridized carbons (Fsp3) is 0.500. The summed E-state index contributed by atoms with van der Waals surface area (Å²) in [6.07, 6.45) is 3.26. The van der Waals surface area contributed by atoms with Crippen molar-refractivity contribution in [2.75, 3.05) is 6.54 Å². The maximum Gasteiger partial charge on any atom is 0.246 e. The van der Waals surface area contributed by atoms with Gasteiger partial charge in [-0.25, -0.2) is 0 Å². The molecule has 5 heteroatoms. The Hall–Kier alpha value is -0.510. The predicted molar refractivity (Wildman–Crippen MR) is 84.0 cm³/mol. The lowest BCUT2D eigenvalue weighted by molar-refractivity contribution is -0.127. The van der Waals surface area contributed by atoms with Crippen LogP contribution in [0.4, 0.5) is 0 Å². The number of allylic oxidation sites excluding steroid dienone is 1. The van der Waals surface area contributed by atoms with Gasteiger partial charge in [-0.05, 0) is 25.0 Å². The molecule has 0 radical (unpaired) electrons. The summed E-state index contributed by atoms with van der Waals surface area (Å²) in [5.41, 5.74) is 0. The number of carbonyl (C=O) groups is 1. The quantitative estimate of drug-likeness (QED) is 0.555. The Labute approximate surface area is 129 Å². The van der Waals surface area contributed by atoms with E-state index in [4.69, 9.17) is 23.2 Å². The van der Waals surface area contributed by atoms with Gasteiger partial charge in [0.25, 0.3) is 0 Å². The van der Waals surface area contributed by atoms with Gasteiger partial charge in [0, 0.05) is 22.9 Å². The van der Waals surface area contributed by atoms with Gasteiger partial charge in [0.1, 0.15) is 0 Å². The predicted octanol–water partition coefficient (Wildman–Crippen LogP) is 4.57. The lowest BCUT2D eigenvalue weighted by atomic mass is 10.2. The summed E-state index contributed by atoms with van der Waals surface area (Å²) < 4.78 is 0.747. The third-order valence-electron chi connectivity index (χ3n) is 2.38. The fourth-order valence-electron chi connectivity index (χ4n) is 1.62. The van der Waals surface area contributed by atoms with Crippen LogP contribution in [0.15, 0.2) is 24.3 Å². The molecule has 0 unspecified atom stereocenters. The summed E-state index contributed by atoms with van der Waals surface area (Å²) in [6.45, 7) is 7.33. The van der Waals surface area contributed by atoms with Crippen molar-refractivity contribution >= 4 is 40.4 Å². The minimum absolute atomic E-state index is 0.00859. The first-order valence-corrected chi connectivity index (χ1v) is 7.87. The second-order valence-electron chi connectivity index (χ2n) is 4.86. The molecule has 0 aliphatic carbocycles. The molecule has 0 spiro atoms. The molecule has 106 valence electrons. The Morgan fingerprint density at radius 2 is 2.11 bits per heavy atom. The number of halogens is 2. The Morgan fingerprint density at radius 3 is 2.58 bits per heavy atom. The highest BCUT2D eigenvalue weighted by atomic mass is 35.5. The van der Waals surface area contributed by atoms with Gasteiger partial charge in [0.15, 0.2) is 0 Å². The van der Waals surface area contributed by atoms with Crippen LogP contribution >= 0.6 is 34.5 Å². The summed E-state index contributed by atoms with van der Waals surface area (Å²) in [5, 5.41) is -0.138. The molecule has 19 heavy (non-hydrogen) atoms. The molecule has 0 aliphatic heterocycles. The number of thiophene rings is 1. The molecular formula is C14H19Cl2NOS. The topological polar surface area (TPSA) is 20.3 Å². The number of amides is 1. The van der Waals surface area contributed by atoms with E-state index in [0.29, 0.717) is 12.5 Å². The number of alkyl halides is 1. The Balaban J connectivity index is 2.73. The second kappa shape index (κ2) is 7.93. The van der Waals surface area contributed by atoms with Gasteiger partial charge in [-0.3, -0.25) is 4.79 Å². The highest BCUT2D eigenvalue weighted by Gasteiger charge is 2.14. The van der Waals surface area contributed by atoms with Crippen molar-refractivity contribution in [2.45, 2.75) is 32.7 Å². The minimum atomic E-state index is -0.138. The first-order valence-electron chi connectivity index (χ1n) is 6.24. The molecule has 0 fully saturated rings. The van der Waals surface area contributed by atoms with Gasteiger partial charge in [-0.15, -0.1) is 22.9 Å². The molecule has 0 N–H and O–H groups in total. The van der Waals surface area contributed by atoms with Crippen LogP contribution in [0.2, 0.25) is 4.34 Å². The monoisotopic (exact) mass is 319 g/mol. The SMILES string of the molecule is CC(C)CN(Cc1ccc(Cl)s1)C(=O)/C=C/[C@H](C)Cl. The van der Waals surface area contributed by atoms with E-state index < -0.39 is 0 Å². The maximum absolute atomic E-state index is 12.1. The van der Waals surface area contributed by atoms with Crippen LogP contribution in [0.1, 0.15) is 25.6 Å². The van der Waals surface area contributed by atoms with Gasteiger partial charge in [0.2, 0.25) is 5.91 Å². The van der Waals surface area contributed by atoms with E-state index in [2.05, 4.69) is 13.8 Å². The van der Waals surface area contributed by atoms with E-state index in [-0.39, 0.29) is 11.3 Å². The zero-order chi connectivity index (χ0) is 14.4. The molecule has 0 saturated heterocycles. The van der Waals surface area contributed by atoms with Crippen LogP contribution in [-0.2, 0) is 11.3 Å². The zero-order valence-corrected chi connectivity index (χ0v) is 13.7. The standard InChI is InChI=1S/C14H19Cl2NOS/c1-10(2)8-17(14(18)7-4-11(3)15)9-12-5-6-13(16)19-12/h4-7,10-11H,8-9H2,1-3H3/b7-4+/t11-/m0/s1. The lowest BCUT2D eigenvalue weighted by Crippen LogP contribution is -2.32. The molecule has 1 rings (SSSR count). The summed E-state index contributed by atoms with van der Waals surface area (Å²) >= 11 is 13.2. The number of rotatable bonds is 6. The first kappa shape index (κ1) is 16.5. The van der Waals surface area contributed by atoms with Crippen LogP contribution in [-0.4, -0.2) is 22.7 Å². The average molecular weight is 320 g/mol. The van der Waals surface area contributed by atoms with E-state index in [1.54, 1.807) is 12.2 Å². The summed E-state index contributed by atoms with van der Waals surface area (Å²) in [7, 11) is 0. The van der Waals surface area contributed by atoms with Crippen LogP contribution in [0, 0.1) is 5.92 Å². The van der Waals surface area contributed by atoms with Crippen molar-refractivity contribution in [1.29, 1.82) is 0 Å². The summed E-state index contributed by atoms with van der Waals surface area (Å²) in [5.74, 6) is 0.409. The Bertz CT molecular complexity index is 440. The van der Waals surface area contributed by atoms with Gasteiger partial charge < -0.3 is 4.90 Å². The molecule has 0 bridgehead atoms. The summed E-state index contributed by atoms with van der Waals surface area (Å²) in [4.78, 5) is 15.1. The number of carbonyl (C=O) groups excluding carboxylic acids is 1. The molecule has 1 aromatic rings. The molecule has 2 nitrogen and oxygen atoms in total. The molecular weight excluding hydrogens is 301 g/mol. The Kier molecular flexibility index (Phi) is 6.90. The van der Waals surface area contributed by atoms with Crippen molar-refractivity contribution < 1.29 is 4.79 Å². The second-order valence-corrected chi connectivity index (χ2v) is 7.34. The van der Waals surface area contributed by atoms with Gasteiger partial charge in [-0.1, -0.05) is 31.5 Å². The molecule has 1 amide bonds. The smallest absolute Gasteiger partial charge is 0.246 e. The fourth-order valence-corrected chi connectivity index (χ4v) is 2.79. The number of nitrogens with zero attached hydrogens (tertiary/aromatic N) is 1. The van der Waals surface area contributed by atoms with Crippen LogP contribution < -0.4 is 0 Å². The lowest BCUT2D eigenvalue weighted by Gasteiger charge is -2.22. The van der Waals surface area contributed by atoms with Gasteiger partial charge in [0.05, 0.1) is 10.9 Å². The van der Waals surface area contributed by atoms with Crippen molar-refractivity contribution in [3.8, 4) is 0 Å². The van der Waals surface area contributed by atoms with Crippen LogP contribution in [0.5, 0.6) is 0 Å². The van der Waals surface area contributed by atoms with E-state index in [9.17, 15) is 4.79 Å². The molecule has 0 aliphatic rings. The maximum atomic E-state index is 12.1. The van der Waals surface area contributed by atoms with E-state index in [0.717, 1.165) is 15.8 Å². The van der Waals surface area contributed by atoms with Crippen molar-refractivity contribution in [3.63, 3.8) is 0 Å². The molecule has 1 aromatic heterocycles. The third-order valence-corrected chi connectivity index (χ3v) is 3.74. The highest BCUT2D eigenvalue weighted by molar-refractivity contribution is 7.16. The number of hydrogen-bond acceptors (Lipinski definition) is 2. The van der Waals surface area contributed by atoms with E-state index >= 15 is 0 Å². The number of hydrogen-bond donors (Lipinski definition) is 0. The van der Waals surface area contributed by atoms with E-state index in [1.165, 1.54) is 11.3 Å². The molecule has 0 saturated carbocycles. The van der Waals surface area contributed by atoms with Crippen molar-refractivity contribution in [3.05, 3.63) is 33.5 Å². The van der Waals surface area contributed by atoms with Crippen LogP contribution in [0.25, 0.3) is 0 Å². The molecule has 0 aromatic carbocycles. The van der Waals surface area contributed by atoms with Gasteiger partial charge >= 0.3 is 0 Å². The summed E-state index contributed by atoms with van der Waals surface area (Å²) in [6, 6.07) is 3.82. The molecule has 1 atom stereocenters.